The van der Waals surface area contributed by atoms with Crippen molar-refractivity contribution in [2.24, 2.45) is 0 Å². The molecule has 0 fully saturated rings. The predicted molar refractivity (Wildman–Crippen MR) is 49.7 cm³/mol. The van der Waals surface area contributed by atoms with Crippen molar-refractivity contribution in [2.45, 2.75) is 12.8 Å². The van der Waals surface area contributed by atoms with Crippen molar-refractivity contribution in [2.75, 3.05) is 18.9 Å². The molecule has 0 aliphatic heterocycles. The van der Waals surface area contributed by atoms with Gasteiger partial charge in [-0.2, -0.15) is 10.1 Å². The first-order chi connectivity index (χ1) is 7.17. The largest absolute Gasteiger partial charge is 0.394 e. The molecular formula is C7H12N4O4. The molecule has 1 aromatic heterocycles. The summed E-state index contributed by atoms with van der Waals surface area (Å²) in [5.41, 5.74) is 4.84. The summed E-state index contributed by atoms with van der Waals surface area (Å²) in [4.78, 5) is 14.1. The molecule has 0 saturated carbocycles. The highest BCUT2D eigenvalue weighted by atomic mass is 16.5. The molecule has 0 radical (unpaired) electrons. The van der Waals surface area contributed by atoms with Crippen LogP contribution < -0.4 is 11.3 Å². The number of aromatic nitrogens is 3. The summed E-state index contributed by atoms with van der Waals surface area (Å²) in [7, 11) is 0. The molecular weight excluding hydrogens is 204 g/mol. The van der Waals surface area contributed by atoms with Crippen LogP contribution in [0.15, 0.2) is 11.0 Å². The minimum absolute atomic E-state index is 0.0860. The number of anilines is 1. The highest BCUT2D eigenvalue weighted by Crippen LogP contribution is 1.95. The summed E-state index contributed by atoms with van der Waals surface area (Å²) in [6.45, 7) is -0.723. The maximum Gasteiger partial charge on any atom is 0.293 e. The predicted octanol–water partition coefficient (Wildman–Crippen LogP) is -2.45. The molecule has 0 atom stereocenters. The van der Waals surface area contributed by atoms with Crippen LogP contribution in [0.1, 0.15) is 0 Å². The Bertz CT molecular complexity index is 362. The normalized spacial score (nSPS) is 10.9. The van der Waals surface area contributed by atoms with E-state index in [-0.39, 0.29) is 25.9 Å². The zero-order chi connectivity index (χ0) is 11.3. The summed E-state index contributed by atoms with van der Waals surface area (Å²) in [5, 5.41) is 21.1. The fraction of sp³-hybridized carbons (Fsp3) is 0.571. The van der Waals surface area contributed by atoms with Crippen LogP contribution in [0.2, 0.25) is 0 Å². The lowest BCUT2D eigenvalue weighted by molar-refractivity contribution is -0.0535. The first-order valence-corrected chi connectivity index (χ1v) is 4.20. The number of nitrogens with two attached hydrogens (primary N) is 1. The topological polar surface area (TPSA) is 123 Å². The summed E-state index contributed by atoms with van der Waals surface area (Å²) in [6.07, 6.45) is 0.290. The number of nitrogen functional groups attached to an aromatic ring is 1. The Labute approximate surface area is 84.9 Å². The van der Waals surface area contributed by atoms with Crippen LogP contribution in [-0.2, 0) is 11.5 Å². The number of nitrogens with zero attached hydrogens (tertiary/aromatic N) is 3. The van der Waals surface area contributed by atoms with Gasteiger partial charge in [0.05, 0.1) is 13.2 Å². The van der Waals surface area contributed by atoms with Gasteiger partial charge in [0.15, 0.2) is 0 Å². The molecule has 4 N–H and O–H groups in total. The van der Waals surface area contributed by atoms with E-state index in [0.29, 0.717) is 0 Å². The maximum atomic E-state index is 10.7. The zero-order valence-corrected chi connectivity index (χ0v) is 7.91. The second kappa shape index (κ2) is 5.39. The molecule has 1 rings (SSSR count). The first-order valence-electron chi connectivity index (χ1n) is 4.20. The van der Waals surface area contributed by atoms with Crippen molar-refractivity contribution in [3.8, 4) is 0 Å². The molecule has 8 nitrogen and oxygen atoms in total. The summed E-state index contributed by atoms with van der Waals surface area (Å²) in [5.74, 6) is -0.0860. The molecule has 84 valence electrons. The van der Waals surface area contributed by atoms with Crippen molar-refractivity contribution in [1.82, 2.24) is 14.8 Å². The minimum Gasteiger partial charge on any atom is -0.394 e. The molecule has 0 aliphatic rings. The number of hydrogen-bond donors (Lipinski definition) is 3. The molecule has 0 saturated heterocycles. The van der Waals surface area contributed by atoms with Crippen molar-refractivity contribution in [3.05, 3.63) is 16.6 Å². The van der Waals surface area contributed by atoms with Crippen LogP contribution in [0, 0.1) is 0 Å². The first kappa shape index (κ1) is 11.6. The van der Waals surface area contributed by atoms with Crippen LogP contribution in [0.25, 0.3) is 0 Å². The third-order valence-corrected chi connectivity index (χ3v) is 1.64. The van der Waals surface area contributed by atoms with Crippen molar-refractivity contribution < 1.29 is 14.9 Å². The van der Waals surface area contributed by atoms with Crippen LogP contribution in [0.3, 0.4) is 0 Å². The minimum atomic E-state index is -0.703. The summed E-state index contributed by atoms with van der Waals surface area (Å²) >= 11 is 0. The SMILES string of the molecule is Nc1nc(=O)cnn1COC(CO)CO. The number of hydrogen-bond acceptors (Lipinski definition) is 7. The van der Waals surface area contributed by atoms with E-state index in [1.54, 1.807) is 0 Å². The number of ether oxygens (including phenoxy) is 1. The van der Waals surface area contributed by atoms with E-state index in [0.717, 1.165) is 10.9 Å². The highest BCUT2D eigenvalue weighted by molar-refractivity contribution is 5.11. The van der Waals surface area contributed by atoms with E-state index >= 15 is 0 Å². The number of rotatable bonds is 5. The van der Waals surface area contributed by atoms with Gasteiger partial charge in [-0.1, -0.05) is 0 Å². The van der Waals surface area contributed by atoms with Crippen molar-refractivity contribution in [1.29, 1.82) is 0 Å². The summed E-state index contributed by atoms with van der Waals surface area (Å²) in [6, 6.07) is 0. The Hall–Kier alpha value is -1.51. The lowest BCUT2D eigenvalue weighted by Crippen LogP contribution is -2.26. The Kier molecular flexibility index (Phi) is 4.16. The molecule has 0 bridgehead atoms. The van der Waals surface area contributed by atoms with E-state index in [1.165, 1.54) is 0 Å². The fourth-order valence-electron chi connectivity index (χ4n) is 0.816. The third kappa shape index (κ3) is 3.27. The monoisotopic (exact) mass is 216 g/mol. The van der Waals surface area contributed by atoms with Crippen molar-refractivity contribution in [3.63, 3.8) is 0 Å². The Morgan fingerprint density at radius 1 is 1.53 bits per heavy atom. The number of aliphatic hydroxyl groups excluding tert-OH is 2. The molecule has 1 heterocycles. The van der Waals surface area contributed by atoms with Gasteiger partial charge in [-0.25, -0.2) is 4.68 Å². The van der Waals surface area contributed by atoms with Crippen LogP contribution in [0.4, 0.5) is 5.95 Å². The molecule has 0 spiro atoms. The third-order valence-electron chi connectivity index (χ3n) is 1.64. The van der Waals surface area contributed by atoms with Gasteiger partial charge in [0.25, 0.3) is 5.56 Å². The van der Waals surface area contributed by atoms with Crippen LogP contribution in [-0.4, -0.2) is 44.3 Å². The average Bonchev–Trinajstić information content (AvgIpc) is 2.22. The van der Waals surface area contributed by atoms with Gasteiger partial charge in [-0.15, -0.1) is 0 Å². The van der Waals surface area contributed by atoms with Gasteiger partial charge in [-0.05, 0) is 0 Å². The summed E-state index contributed by atoms with van der Waals surface area (Å²) < 4.78 is 6.16. The maximum absolute atomic E-state index is 10.7. The van der Waals surface area contributed by atoms with E-state index in [2.05, 4.69) is 10.1 Å². The lowest BCUT2D eigenvalue weighted by Gasteiger charge is -2.13. The highest BCUT2D eigenvalue weighted by Gasteiger charge is 2.07. The molecule has 0 amide bonds. The second-order valence-corrected chi connectivity index (χ2v) is 2.74. The van der Waals surface area contributed by atoms with E-state index < -0.39 is 11.7 Å². The molecule has 1 aromatic rings. The smallest absolute Gasteiger partial charge is 0.293 e. The van der Waals surface area contributed by atoms with Gasteiger partial charge in [0, 0.05) is 0 Å². The molecule has 0 unspecified atom stereocenters. The molecule has 8 heteroatoms. The van der Waals surface area contributed by atoms with Crippen molar-refractivity contribution >= 4 is 5.95 Å². The molecule has 15 heavy (non-hydrogen) atoms. The van der Waals surface area contributed by atoms with Crippen LogP contribution in [0.5, 0.6) is 0 Å². The zero-order valence-electron chi connectivity index (χ0n) is 7.91. The van der Waals surface area contributed by atoms with Gasteiger partial charge >= 0.3 is 0 Å². The number of aliphatic hydroxyl groups is 2. The van der Waals surface area contributed by atoms with Gasteiger partial charge in [0.2, 0.25) is 5.95 Å². The molecule has 0 aliphatic carbocycles. The van der Waals surface area contributed by atoms with Gasteiger partial charge in [0.1, 0.15) is 19.0 Å². The average molecular weight is 216 g/mol. The Morgan fingerprint density at radius 3 is 2.73 bits per heavy atom. The van der Waals surface area contributed by atoms with E-state index in [4.69, 9.17) is 20.7 Å². The Balaban J connectivity index is 2.61. The van der Waals surface area contributed by atoms with Gasteiger partial charge < -0.3 is 20.7 Å². The second-order valence-electron chi connectivity index (χ2n) is 2.74. The lowest BCUT2D eigenvalue weighted by atomic mass is 10.4. The van der Waals surface area contributed by atoms with Crippen LogP contribution >= 0.6 is 0 Å². The molecule has 0 aromatic carbocycles. The fourth-order valence-corrected chi connectivity index (χ4v) is 0.816. The standard InChI is InChI=1S/C7H12N4O4/c8-7-10-6(14)1-9-11(7)4-15-5(2-12)3-13/h1,5,12-13H,2-4H2,(H2,8,10,14). The van der Waals surface area contributed by atoms with E-state index in [9.17, 15) is 4.79 Å². The van der Waals surface area contributed by atoms with Gasteiger partial charge in [-0.3, -0.25) is 4.79 Å². The van der Waals surface area contributed by atoms with E-state index in [1.807, 2.05) is 0 Å². The quantitative estimate of drug-likeness (QED) is 0.499. The Morgan fingerprint density at radius 2 is 2.20 bits per heavy atom.